The van der Waals surface area contributed by atoms with Crippen LogP contribution in [0.4, 0.5) is 5.82 Å². The van der Waals surface area contributed by atoms with Crippen molar-refractivity contribution in [2.45, 2.75) is 45.3 Å². The van der Waals surface area contributed by atoms with Gasteiger partial charge in [-0.15, -0.1) is 0 Å². The van der Waals surface area contributed by atoms with Crippen molar-refractivity contribution in [1.82, 2.24) is 10.3 Å². The van der Waals surface area contributed by atoms with E-state index in [2.05, 4.69) is 65.8 Å². The summed E-state index contributed by atoms with van der Waals surface area (Å²) in [6, 6.07) is 18.7. The number of carbonyl (C=O) groups excluding carboxylic acids is 1. The highest BCUT2D eigenvalue weighted by molar-refractivity contribution is 6.09. The maximum absolute atomic E-state index is 12.8. The molecule has 6 N–H and O–H groups in total. The summed E-state index contributed by atoms with van der Waals surface area (Å²) in [5.74, 6) is 0.109. The van der Waals surface area contributed by atoms with Crippen LogP contribution in [0.25, 0.3) is 16.7 Å². The molecule has 2 aromatic carbocycles. The fourth-order valence-corrected chi connectivity index (χ4v) is 4.05. The third kappa shape index (κ3) is 7.84. The van der Waals surface area contributed by atoms with E-state index in [1.807, 2.05) is 0 Å². The van der Waals surface area contributed by atoms with Gasteiger partial charge in [0.2, 0.25) is 0 Å². The fraction of sp³-hybridized carbons (Fsp3) is 0.300. The highest BCUT2D eigenvalue weighted by atomic mass is 16.5. The van der Waals surface area contributed by atoms with Crippen molar-refractivity contribution in [2.24, 2.45) is 5.73 Å². The fourth-order valence-electron chi connectivity index (χ4n) is 4.05. The first-order valence-corrected chi connectivity index (χ1v) is 12.7. The Kier molecular flexibility index (Phi) is 10.6. The number of carbonyl (C=O) groups is 1. The molecule has 1 unspecified atom stereocenters. The molecule has 0 amide bonds. The average Bonchev–Trinajstić information content (AvgIpc) is 2.94. The summed E-state index contributed by atoms with van der Waals surface area (Å²) in [6.45, 7) is 3.00. The normalized spacial score (nSPS) is 12.2. The number of benzene rings is 2. The summed E-state index contributed by atoms with van der Waals surface area (Å²) in [5.41, 5.74) is 18.3. The lowest BCUT2D eigenvalue weighted by Gasteiger charge is -2.16. The number of pyridine rings is 1. The zero-order valence-corrected chi connectivity index (χ0v) is 21.7. The SMILES string of the molecule is CCc1ccc(-c2ccc(COC(CN)CCCC(=O)c3cc(/C(C=N)=C/NC)cnc3N)cc2)cc1. The van der Waals surface area contributed by atoms with E-state index in [1.165, 1.54) is 22.9 Å². The number of rotatable bonds is 14. The zero-order valence-electron chi connectivity index (χ0n) is 21.7. The van der Waals surface area contributed by atoms with Crippen LogP contribution in [0.2, 0.25) is 0 Å². The van der Waals surface area contributed by atoms with E-state index in [0.29, 0.717) is 49.1 Å². The number of hydrogen-bond donors (Lipinski definition) is 4. The number of Topliss-reactive ketones (excluding diaryl/α,β-unsaturated/α-hetero) is 1. The van der Waals surface area contributed by atoms with Gasteiger partial charge < -0.3 is 26.9 Å². The van der Waals surface area contributed by atoms with E-state index < -0.39 is 0 Å². The summed E-state index contributed by atoms with van der Waals surface area (Å²) in [6.07, 6.45) is 6.95. The number of aryl methyl sites for hydroxylation is 1. The van der Waals surface area contributed by atoms with E-state index in [9.17, 15) is 4.79 Å². The molecule has 0 saturated carbocycles. The molecule has 0 spiro atoms. The molecular formula is C30H37N5O2. The summed E-state index contributed by atoms with van der Waals surface area (Å²) in [7, 11) is 1.75. The van der Waals surface area contributed by atoms with Gasteiger partial charge in [0.15, 0.2) is 5.78 Å². The number of nitrogens with one attached hydrogen (secondary N) is 2. The van der Waals surface area contributed by atoms with Gasteiger partial charge in [-0.1, -0.05) is 55.5 Å². The van der Waals surface area contributed by atoms with Crippen LogP contribution in [0, 0.1) is 5.41 Å². The van der Waals surface area contributed by atoms with Crippen LogP contribution in [0.5, 0.6) is 0 Å². The number of ketones is 1. The average molecular weight is 500 g/mol. The van der Waals surface area contributed by atoms with Crippen LogP contribution in [0.3, 0.4) is 0 Å². The molecular weight excluding hydrogens is 462 g/mol. The van der Waals surface area contributed by atoms with Crippen molar-refractivity contribution < 1.29 is 9.53 Å². The van der Waals surface area contributed by atoms with Crippen LogP contribution < -0.4 is 16.8 Å². The summed E-state index contributed by atoms with van der Waals surface area (Å²) in [4.78, 5) is 17.0. The summed E-state index contributed by atoms with van der Waals surface area (Å²) < 4.78 is 6.04. The second-order valence-electron chi connectivity index (χ2n) is 8.92. The highest BCUT2D eigenvalue weighted by Gasteiger charge is 2.15. The lowest BCUT2D eigenvalue weighted by Crippen LogP contribution is -2.24. The van der Waals surface area contributed by atoms with Crippen molar-refractivity contribution in [3.63, 3.8) is 0 Å². The standard InChI is InChI=1S/C30H37N5O2/c1-3-21-7-11-23(12-8-21)24-13-9-22(10-14-24)20-37-27(17-32)5-4-6-29(36)28-15-25(19-35-30(28)33)26(16-31)18-34-2/h7-16,18-19,27,31,34H,3-6,17,20,32H2,1-2H3,(H2,33,35)/b26-18+,31-16?. The van der Waals surface area contributed by atoms with Gasteiger partial charge in [-0.05, 0) is 47.6 Å². The van der Waals surface area contributed by atoms with Gasteiger partial charge in [0.1, 0.15) is 5.82 Å². The topological polar surface area (TPSA) is 127 Å². The van der Waals surface area contributed by atoms with Crippen LogP contribution in [-0.4, -0.2) is 36.7 Å². The zero-order chi connectivity index (χ0) is 26.6. The van der Waals surface area contributed by atoms with Gasteiger partial charge in [-0.2, -0.15) is 0 Å². The number of allylic oxidation sites excluding steroid dienone is 1. The second-order valence-corrected chi connectivity index (χ2v) is 8.92. The smallest absolute Gasteiger partial charge is 0.166 e. The Labute approximate surface area is 219 Å². The molecule has 3 aromatic rings. The molecule has 1 atom stereocenters. The molecule has 0 aliphatic heterocycles. The van der Waals surface area contributed by atoms with Gasteiger partial charge in [0, 0.05) is 49.8 Å². The van der Waals surface area contributed by atoms with Crippen molar-refractivity contribution in [3.8, 4) is 11.1 Å². The van der Waals surface area contributed by atoms with Crippen LogP contribution in [0.1, 0.15) is 53.2 Å². The largest absolute Gasteiger partial charge is 0.393 e. The van der Waals surface area contributed by atoms with Gasteiger partial charge >= 0.3 is 0 Å². The molecule has 7 heteroatoms. The molecule has 0 aliphatic carbocycles. The first-order chi connectivity index (χ1) is 18.0. The minimum atomic E-state index is -0.140. The van der Waals surface area contributed by atoms with Gasteiger partial charge in [0.05, 0.1) is 18.3 Å². The molecule has 0 aliphatic rings. The molecule has 37 heavy (non-hydrogen) atoms. The Morgan fingerprint density at radius 2 is 1.76 bits per heavy atom. The Morgan fingerprint density at radius 3 is 2.32 bits per heavy atom. The quantitative estimate of drug-likeness (QED) is 0.183. The molecule has 194 valence electrons. The van der Waals surface area contributed by atoms with Crippen LogP contribution in [-0.2, 0) is 17.8 Å². The number of anilines is 1. The Hall–Kier alpha value is -3.81. The summed E-state index contributed by atoms with van der Waals surface area (Å²) in [5, 5.41) is 10.5. The second kappa shape index (κ2) is 14.1. The Bertz CT molecular complexity index is 1200. The van der Waals surface area contributed by atoms with E-state index >= 15 is 0 Å². The molecule has 0 bridgehead atoms. The van der Waals surface area contributed by atoms with E-state index in [4.69, 9.17) is 21.6 Å². The number of nitrogens with zero attached hydrogens (tertiary/aromatic N) is 1. The Balaban J connectivity index is 1.51. The van der Waals surface area contributed by atoms with Crippen molar-refractivity contribution >= 4 is 23.4 Å². The third-order valence-electron chi connectivity index (χ3n) is 6.34. The maximum atomic E-state index is 12.8. The number of aromatic nitrogens is 1. The maximum Gasteiger partial charge on any atom is 0.166 e. The monoisotopic (exact) mass is 499 g/mol. The number of nitrogen functional groups attached to an aromatic ring is 1. The van der Waals surface area contributed by atoms with Crippen molar-refractivity contribution in [3.05, 3.63) is 89.2 Å². The molecule has 0 fully saturated rings. The number of nitrogens with two attached hydrogens (primary N) is 2. The first-order valence-electron chi connectivity index (χ1n) is 12.7. The predicted octanol–water partition coefficient (Wildman–Crippen LogP) is 5.00. The Morgan fingerprint density at radius 1 is 1.11 bits per heavy atom. The highest BCUT2D eigenvalue weighted by Crippen LogP contribution is 2.22. The third-order valence-corrected chi connectivity index (χ3v) is 6.34. The van der Waals surface area contributed by atoms with Gasteiger partial charge in [0.25, 0.3) is 0 Å². The summed E-state index contributed by atoms with van der Waals surface area (Å²) >= 11 is 0. The van der Waals surface area contributed by atoms with Gasteiger partial charge in [-0.3, -0.25) is 4.79 Å². The van der Waals surface area contributed by atoms with Gasteiger partial charge in [-0.25, -0.2) is 4.98 Å². The van der Waals surface area contributed by atoms with E-state index in [-0.39, 0.29) is 17.7 Å². The molecule has 3 rings (SSSR count). The van der Waals surface area contributed by atoms with Crippen molar-refractivity contribution in [1.29, 1.82) is 5.41 Å². The minimum Gasteiger partial charge on any atom is -0.393 e. The predicted molar refractivity (Wildman–Crippen MR) is 152 cm³/mol. The molecule has 0 radical (unpaired) electrons. The molecule has 0 saturated heterocycles. The van der Waals surface area contributed by atoms with E-state index in [1.54, 1.807) is 25.5 Å². The lowest BCUT2D eigenvalue weighted by molar-refractivity contribution is 0.0392. The van der Waals surface area contributed by atoms with Crippen LogP contribution >= 0.6 is 0 Å². The lowest BCUT2D eigenvalue weighted by atomic mass is 10.0. The molecule has 1 aromatic heterocycles. The molecule has 7 nitrogen and oxygen atoms in total. The number of ether oxygens (including phenoxy) is 1. The minimum absolute atomic E-state index is 0.0843. The number of hydrogen-bond acceptors (Lipinski definition) is 7. The van der Waals surface area contributed by atoms with E-state index in [0.717, 1.165) is 12.0 Å². The first kappa shape index (κ1) is 27.8. The van der Waals surface area contributed by atoms with Crippen molar-refractivity contribution in [2.75, 3.05) is 19.3 Å². The van der Waals surface area contributed by atoms with Crippen LogP contribution in [0.15, 0.2) is 67.0 Å². The molecule has 1 heterocycles.